The van der Waals surface area contributed by atoms with Gasteiger partial charge in [-0.2, -0.15) is 4.98 Å². The van der Waals surface area contributed by atoms with Crippen molar-refractivity contribution in [1.82, 2.24) is 14.8 Å². The quantitative estimate of drug-likeness (QED) is 0.167. The number of anilines is 2. The lowest BCUT2D eigenvalue weighted by Crippen LogP contribution is -2.31. The predicted molar refractivity (Wildman–Crippen MR) is 172 cm³/mol. The lowest BCUT2D eigenvalue weighted by Gasteiger charge is -2.29. The fraction of sp³-hybridized carbons (Fsp3) is 0.171. The number of thioether (sulfide) groups is 1. The molecule has 44 heavy (non-hydrogen) atoms. The van der Waals surface area contributed by atoms with Gasteiger partial charge in [0.25, 0.3) is 5.91 Å². The summed E-state index contributed by atoms with van der Waals surface area (Å²) in [6, 6.07) is 29.7. The summed E-state index contributed by atoms with van der Waals surface area (Å²) in [6.45, 7) is 6.33. The van der Waals surface area contributed by atoms with E-state index in [2.05, 4.69) is 41.8 Å². The summed E-state index contributed by atoms with van der Waals surface area (Å²) >= 11 is 1.34. The van der Waals surface area contributed by atoms with Crippen molar-refractivity contribution in [3.63, 3.8) is 0 Å². The average Bonchev–Trinajstić information content (AvgIpc) is 3.43. The minimum Gasteiger partial charge on any atom is -0.489 e. The number of aromatic nitrogens is 3. The van der Waals surface area contributed by atoms with Crippen LogP contribution in [-0.4, -0.2) is 20.7 Å². The Morgan fingerprint density at radius 3 is 2.43 bits per heavy atom. The monoisotopic (exact) mass is 605 g/mol. The zero-order valence-corrected chi connectivity index (χ0v) is 25.5. The van der Waals surface area contributed by atoms with Gasteiger partial charge in [-0.15, -0.1) is 5.10 Å². The third kappa shape index (κ3) is 6.38. The fourth-order valence-corrected chi connectivity index (χ4v) is 5.87. The molecule has 1 aromatic heterocycles. The molecule has 1 amide bonds. The molecule has 6 rings (SSSR count). The largest absolute Gasteiger partial charge is 0.489 e. The number of rotatable bonds is 9. The van der Waals surface area contributed by atoms with Crippen LogP contribution >= 0.6 is 11.8 Å². The Hall–Kier alpha value is -4.89. The number of amides is 1. The van der Waals surface area contributed by atoms with Gasteiger partial charge in [-0.25, -0.2) is 9.07 Å². The summed E-state index contributed by atoms with van der Waals surface area (Å²) in [4.78, 5) is 18.6. The van der Waals surface area contributed by atoms with Gasteiger partial charge in [0.2, 0.25) is 11.1 Å². The first-order valence-electron chi connectivity index (χ1n) is 14.3. The van der Waals surface area contributed by atoms with Gasteiger partial charge in [0.05, 0.1) is 5.57 Å². The number of para-hydroxylation sites is 1. The molecule has 2 heterocycles. The molecule has 0 spiro atoms. The third-order valence-electron chi connectivity index (χ3n) is 7.51. The van der Waals surface area contributed by atoms with E-state index in [0.717, 1.165) is 28.1 Å². The van der Waals surface area contributed by atoms with Crippen molar-refractivity contribution in [3.8, 4) is 5.75 Å². The summed E-state index contributed by atoms with van der Waals surface area (Å²) in [7, 11) is 0. The first-order valence-corrected chi connectivity index (χ1v) is 15.3. The number of nitrogens with zero attached hydrogens (tertiary/aromatic N) is 3. The maximum Gasteiger partial charge on any atom is 0.255 e. The van der Waals surface area contributed by atoms with E-state index in [4.69, 9.17) is 14.8 Å². The number of benzene rings is 4. The highest BCUT2D eigenvalue weighted by molar-refractivity contribution is 7.98. The summed E-state index contributed by atoms with van der Waals surface area (Å²) in [6.07, 6.45) is 0. The molecule has 1 atom stereocenters. The summed E-state index contributed by atoms with van der Waals surface area (Å²) < 4.78 is 22.0. The molecule has 7 nitrogen and oxygen atoms in total. The Bertz CT molecular complexity index is 1830. The summed E-state index contributed by atoms with van der Waals surface area (Å²) in [5.74, 6) is 1.10. The number of ether oxygens (including phenoxy) is 1. The van der Waals surface area contributed by atoms with Crippen molar-refractivity contribution in [1.29, 1.82) is 0 Å². The van der Waals surface area contributed by atoms with Crippen molar-refractivity contribution in [2.75, 3.05) is 10.6 Å². The van der Waals surface area contributed by atoms with Crippen LogP contribution in [0.2, 0.25) is 0 Å². The van der Waals surface area contributed by atoms with Gasteiger partial charge in [-0.05, 0) is 67.3 Å². The Labute approximate surface area is 260 Å². The zero-order chi connectivity index (χ0) is 30.6. The van der Waals surface area contributed by atoms with Gasteiger partial charge >= 0.3 is 0 Å². The van der Waals surface area contributed by atoms with E-state index in [0.29, 0.717) is 40.3 Å². The van der Waals surface area contributed by atoms with Crippen LogP contribution in [0.1, 0.15) is 40.8 Å². The van der Waals surface area contributed by atoms with Crippen LogP contribution in [0.15, 0.2) is 113 Å². The molecule has 4 aromatic carbocycles. The smallest absolute Gasteiger partial charge is 0.255 e. The van der Waals surface area contributed by atoms with Crippen LogP contribution < -0.4 is 15.4 Å². The number of carbonyl (C=O) groups excluding carboxylic acids is 1. The number of nitrogens with one attached hydrogen (secondary N) is 2. The van der Waals surface area contributed by atoms with E-state index in [1.807, 2.05) is 68.4 Å². The van der Waals surface area contributed by atoms with Crippen molar-refractivity contribution in [2.24, 2.45) is 0 Å². The first kappa shape index (κ1) is 29.2. The van der Waals surface area contributed by atoms with Crippen LogP contribution in [0, 0.1) is 19.7 Å². The standard InChI is InChI=1S/C35H32FN5O2S/c1-22-12-14-25(15-13-22)20-43-28-18-16-26(17-19-28)32-31(33(42)38-30-11-7-4-8-23(30)2)24(3)37-34-39-35(40-41(32)34)44-21-27-9-5-6-10-29(27)36/h4-19,32H,20-21H2,1-3H3,(H,38,42)(H,37,39,40). The van der Waals surface area contributed by atoms with Gasteiger partial charge < -0.3 is 15.4 Å². The van der Waals surface area contributed by atoms with Crippen molar-refractivity contribution in [2.45, 2.75) is 44.3 Å². The SMILES string of the molecule is CC1=C(C(=O)Nc2ccccc2C)C(c2ccc(OCc3ccc(C)cc3)cc2)n2nc(SCc3ccccc3F)nc2N1. The molecule has 9 heteroatoms. The number of allylic oxidation sites excluding steroid dienone is 1. The van der Waals surface area contributed by atoms with E-state index in [1.165, 1.54) is 23.4 Å². The van der Waals surface area contributed by atoms with E-state index in [1.54, 1.807) is 16.8 Å². The highest BCUT2D eigenvalue weighted by Crippen LogP contribution is 2.38. The van der Waals surface area contributed by atoms with Gasteiger partial charge in [-0.1, -0.05) is 90.1 Å². The fourth-order valence-electron chi connectivity index (χ4n) is 5.05. The topological polar surface area (TPSA) is 81.1 Å². The Morgan fingerprint density at radius 2 is 1.68 bits per heavy atom. The van der Waals surface area contributed by atoms with E-state index in [9.17, 15) is 9.18 Å². The van der Waals surface area contributed by atoms with Gasteiger partial charge in [0.1, 0.15) is 24.2 Å². The van der Waals surface area contributed by atoms with E-state index < -0.39 is 6.04 Å². The number of hydrogen-bond acceptors (Lipinski definition) is 6. The highest BCUT2D eigenvalue weighted by atomic mass is 32.2. The number of aryl methyl sites for hydroxylation is 2. The number of hydrogen-bond donors (Lipinski definition) is 2. The molecule has 0 saturated carbocycles. The maximum atomic E-state index is 14.3. The van der Waals surface area contributed by atoms with Gasteiger partial charge in [-0.3, -0.25) is 4.79 Å². The summed E-state index contributed by atoms with van der Waals surface area (Å²) in [5, 5.41) is 11.6. The van der Waals surface area contributed by atoms with Crippen LogP contribution in [0.25, 0.3) is 0 Å². The second-order valence-electron chi connectivity index (χ2n) is 10.7. The number of halogens is 1. The second kappa shape index (κ2) is 12.8. The molecule has 5 aromatic rings. The lowest BCUT2D eigenvalue weighted by molar-refractivity contribution is -0.113. The molecule has 0 aliphatic carbocycles. The molecule has 0 bridgehead atoms. The molecule has 1 aliphatic rings. The number of fused-ring (bicyclic) bond motifs is 1. The highest BCUT2D eigenvalue weighted by Gasteiger charge is 2.34. The first-order chi connectivity index (χ1) is 21.4. The summed E-state index contributed by atoms with van der Waals surface area (Å²) in [5.41, 5.74) is 6.59. The second-order valence-corrected chi connectivity index (χ2v) is 11.7. The third-order valence-corrected chi connectivity index (χ3v) is 8.39. The molecular weight excluding hydrogens is 573 g/mol. The molecule has 1 unspecified atom stereocenters. The minimum absolute atomic E-state index is 0.240. The predicted octanol–water partition coefficient (Wildman–Crippen LogP) is 7.83. The van der Waals surface area contributed by atoms with Crippen LogP contribution in [-0.2, 0) is 17.2 Å². The number of carbonyl (C=O) groups is 1. The van der Waals surface area contributed by atoms with Crippen LogP contribution in [0.4, 0.5) is 16.0 Å². The Kier molecular flexibility index (Phi) is 8.47. The Morgan fingerprint density at radius 1 is 0.955 bits per heavy atom. The van der Waals surface area contributed by atoms with Crippen molar-refractivity contribution in [3.05, 3.63) is 142 Å². The molecule has 0 radical (unpaired) electrons. The molecule has 2 N–H and O–H groups in total. The minimum atomic E-state index is -0.559. The van der Waals surface area contributed by atoms with Gasteiger partial charge in [0.15, 0.2) is 0 Å². The molecule has 0 saturated heterocycles. The van der Waals surface area contributed by atoms with Crippen molar-refractivity contribution < 1.29 is 13.9 Å². The van der Waals surface area contributed by atoms with Crippen molar-refractivity contribution >= 4 is 29.3 Å². The lowest BCUT2D eigenvalue weighted by atomic mass is 9.95. The van der Waals surface area contributed by atoms with E-state index in [-0.39, 0.29) is 11.7 Å². The molecule has 1 aliphatic heterocycles. The maximum absolute atomic E-state index is 14.3. The molecular formula is C35H32FN5O2S. The zero-order valence-electron chi connectivity index (χ0n) is 24.7. The van der Waals surface area contributed by atoms with Gasteiger partial charge in [0, 0.05) is 17.1 Å². The average molecular weight is 606 g/mol. The molecule has 0 fully saturated rings. The van der Waals surface area contributed by atoms with Crippen LogP contribution in [0.3, 0.4) is 0 Å². The van der Waals surface area contributed by atoms with E-state index >= 15 is 0 Å². The van der Waals surface area contributed by atoms with Crippen LogP contribution in [0.5, 0.6) is 5.75 Å². The normalized spacial score (nSPS) is 14.1. The Balaban J connectivity index is 1.30. The molecule has 222 valence electrons.